The van der Waals surface area contributed by atoms with Gasteiger partial charge in [0.05, 0.1) is 0 Å². The quantitative estimate of drug-likeness (QED) is 0.727. The number of ether oxygens (including phenoxy) is 3. The highest BCUT2D eigenvalue weighted by atomic mass is 31.0. The standard InChI is InChI=1S/C14H16O3P4/c18-10-4-2-1-3-8(10)14(21)16-7-15-9-5-6-11(19)13(20)12(9)17-14/h1-6H,7,18-21H2. The number of hydrogen-bond donors (Lipinski definition) is 0. The van der Waals surface area contributed by atoms with Gasteiger partial charge >= 0.3 is 0 Å². The molecule has 21 heavy (non-hydrogen) atoms. The molecule has 0 radical (unpaired) electrons. The van der Waals surface area contributed by atoms with Gasteiger partial charge in [-0.05, 0) is 16.7 Å². The van der Waals surface area contributed by atoms with Crippen LogP contribution in [0.25, 0.3) is 0 Å². The molecule has 3 rings (SSSR count). The second kappa shape index (κ2) is 6.08. The molecule has 1 heterocycles. The van der Waals surface area contributed by atoms with Crippen molar-refractivity contribution in [2.24, 2.45) is 0 Å². The van der Waals surface area contributed by atoms with E-state index in [9.17, 15) is 0 Å². The summed E-state index contributed by atoms with van der Waals surface area (Å²) in [6.07, 6.45) is 0. The predicted octanol–water partition coefficient (Wildman–Crippen LogP) is 1.62. The van der Waals surface area contributed by atoms with E-state index in [0.717, 1.165) is 21.5 Å². The van der Waals surface area contributed by atoms with Crippen molar-refractivity contribution in [2.45, 2.75) is 5.53 Å². The van der Waals surface area contributed by atoms with Crippen molar-refractivity contribution >= 4 is 52.9 Å². The lowest BCUT2D eigenvalue weighted by Gasteiger charge is -2.29. The van der Waals surface area contributed by atoms with E-state index in [-0.39, 0.29) is 6.79 Å². The summed E-state index contributed by atoms with van der Waals surface area (Å²) >= 11 is 0. The third-order valence-corrected chi connectivity index (χ3v) is 5.80. The zero-order valence-electron chi connectivity index (χ0n) is 11.2. The smallest absolute Gasteiger partial charge is 0.252 e. The van der Waals surface area contributed by atoms with Gasteiger partial charge in [0.15, 0.2) is 18.3 Å². The molecule has 2 aromatic rings. The summed E-state index contributed by atoms with van der Waals surface area (Å²) in [6.45, 7) is 0.121. The molecule has 0 N–H and O–H groups in total. The number of benzene rings is 2. The maximum absolute atomic E-state index is 6.19. The maximum atomic E-state index is 6.19. The van der Waals surface area contributed by atoms with E-state index in [4.69, 9.17) is 14.2 Å². The zero-order valence-corrected chi connectivity index (χ0v) is 15.8. The molecular weight excluding hydrogens is 340 g/mol. The minimum absolute atomic E-state index is 0.121. The molecule has 7 heteroatoms. The van der Waals surface area contributed by atoms with E-state index in [2.05, 4.69) is 37.0 Å². The average Bonchev–Trinajstić information content (AvgIpc) is 2.63. The molecule has 0 saturated carbocycles. The molecule has 0 amide bonds. The summed E-state index contributed by atoms with van der Waals surface area (Å²) in [5.41, 5.74) is -0.0529. The van der Waals surface area contributed by atoms with E-state index < -0.39 is 5.53 Å². The Kier molecular flexibility index (Phi) is 4.52. The number of hydrogen-bond acceptors (Lipinski definition) is 3. The van der Waals surface area contributed by atoms with E-state index in [1.54, 1.807) is 0 Å². The maximum Gasteiger partial charge on any atom is 0.252 e. The van der Waals surface area contributed by atoms with Crippen molar-refractivity contribution in [1.29, 1.82) is 0 Å². The van der Waals surface area contributed by atoms with Gasteiger partial charge in [-0.25, -0.2) is 0 Å². The van der Waals surface area contributed by atoms with Crippen LogP contribution >= 0.6 is 37.0 Å². The van der Waals surface area contributed by atoms with Crippen LogP contribution in [0.1, 0.15) is 5.56 Å². The fourth-order valence-corrected chi connectivity index (χ4v) is 3.67. The molecule has 5 unspecified atom stereocenters. The molecule has 0 saturated heterocycles. The van der Waals surface area contributed by atoms with Gasteiger partial charge in [0.1, 0.15) is 0 Å². The molecule has 1 aliphatic heterocycles. The van der Waals surface area contributed by atoms with Gasteiger partial charge in [0.2, 0.25) is 0 Å². The van der Waals surface area contributed by atoms with Crippen LogP contribution in [-0.4, -0.2) is 6.79 Å². The Morgan fingerprint density at radius 1 is 0.952 bits per heavy atom. The van der Waals surface area contributed by atoms with Gasteiger partial charge in [-0.15, -0.1) is 27.7 Å². The molecule has 1 aliphatic rings. The van der Waals surface area contributed by atoms with Crippen molar-refractivity contribution in [1.82, 2.24) is 0 Å². The number of fused-ring (bicyclic) bond motifs is 1. The lowest BCUT2D eigenvalue weighted by atomic mass is 10.2. The van der Waals surface area contributed by atoms with E-state index in [0.29, 0.717) is 11.5 Å². The lowest BCUT2D eigenvalue weighted by Crippen LogP contribution is -2.34. The molecule has 110 valence electrons. The van der Waals surface area contributed by atoms with Crippen LogP contribution in [0, 0.1) is 0 Å². The number of rotatable bonds is 1. The summed E-state index contributed by atoms with van der Waals surface area (Å²) in [5, 5.41) is 3.00. The third-order valence-electron chi connectivity index (χ3n) is 3.27. The molecule has 5 atom stereocenters. The summed E-state index contributed by atoms with van der Waals surface area (Å²) in [4.78, 5) is 0. The van der Waals surface area contributed by atoms with Gasteiger partial charge in [-0.3, -0.25) is 4.74 Å². The molecular formula is C14H16O3P4. The minimum atomic E-state index is -0.979. The second-order valence-corrected chi connectivity index (χ2v) is 7.24. The SMILES string of the molecule is Pc1ccccc1C1(P)OCOc2ccc(P)c(P)c2O1. The fourth-order valence-electron chi connectivity index (χ4n) is 2.12. The lowest BCUT2D eigenvalue weighted by molar-refractivity contribution is -0.144. The van der Waals surface area contributed by atoms with Crippen LogP contribution in [0.4, 0.5) is 0 Å². The van der Waals surface area contributed by atoms with Crippen LogP contribution in [-0.2, 0) is 10.3 Å². The Labute approximate surface area is 133 Å². The van der Waals surface area contributed by atoms with Crippen LogP contribution in [0.15, 0.2) is 36.4 Å². The van der Waals surface area contributed by atoms with Gasteiger partial charge in [0.25, 0.3) is 5.53 Å². The van der Waals surface area contributed by atoms with Crippen LogP contribution in [0.3, 0.4) is 0 Å². The van der Waals surface area contributed by atoms with E-state index >= 15 is 0 Å². The summed E-state index contributed by atoms with van der Waals surface area (Å²) < 4.78 is 17.7. The third kappa shape index (κ3) is 2.96. The Hall–Kier alpha value is -0.280. The van der Waals surface area contributed by atoms with Gasteiger partial charge in [-0.2, -0.15) is 0 Å². The van der Waals surface area contributed by atoms with Crippen LogP contribution in [0.5, 0.6) is 11.5 Å². The fraction of sp³-hybridized carbons (Fsp3) is 0.143. The molecule has 0 aliphatic carbocycles. The largest absolute Gasteiger partial charge is 0.463 e. The molecule has 0 fully saturated rings. The second-order valence-electron chi connectivity index (χ2n) is 4.66. The van der Waals surface area contributed by atoms with Gasteiger partial charge < -0.3 is 9.47 Å². The Bertz CT molecular complexity index is 692. The molecule has 0 aromatic heterocycles. The highest BCUT2D eigenvalue weighted by Gasteiger charge is 2.36. The summed E-state index contributed by atoms with van der Waals surface area (Å²) in [7, 11) is 10.7. The van der Waals surface area contributed by atoms with Crippen molar-refractivity contribution in [3.05, 3.63) is 42.0 Å². The van der Waals surface area contributed by atoms with E-state index in [1.165, 1.54) is 0 Å². The predicted molar refractivity (Wildman–Crippen MR) is 99.5 cm³/mol. The first kappa shape index (κ1) is 15.6. The Morgan fingerprint density at radius 2 is 1.71 bits per heavy atom. The first-order valence-electron chi connectivity index (χ1n) is 6.29. The van der Waals surface area contributed by atoms with E-state index in [1.807, 2.05) is 36.4 Å². The molecule has 3 nitrogen and oxygen atoms in total. The first-order chi connectivity index (χ1) is 10.0. The summed E-state index contributed by atoms with van der Waals surface area (Å²) in [5.74, 6) is 1.35. The molecule has 0 spiro atoms. The topological polar surface area (TPSA) is 27.7 Å². The average molecular weight is 356 g/mol. The molecule has 0 bridgehead atoms. The van der Waals surface area contributed by atoms with Crippen molar-refractivity contribution in [3.8, 4) is 11.5 Å². The normalized spacial score (nSPS) is 21.0. The van der Waals surface area contributed by atoms with Crippen LogP contribution < -0.4 is 25.4 Å². The Balaban J connectivity index is 2.10. The molecule has 2 aromatic carbocycles. The van der Waals surface area contributed by atoms with Crippen molar-refractivity contribution < 1.29 is 14.2 Å². The summed E-state index contributed by atoms with van der Waals surface area (Å²) in [6, 6.07) is 11.8. The monoisotopic (exact) mass is 356 g/mol. The Morgan fingerprint density at radius 3 is 2.48 bits per heavy atom. The zero-order chi connectivity index (χ0) is 15.0. The van der Waals surface area contributed by atoms with Crippen molar-refractivity contribution in [3.63, 3.8) is 0 Å². The highest BCUT2D eigenvalue weighted by molar-refractivity contribution is 7.36. The highest BCUT2D eigenvalue weighted by Crippen LogP contribution is 2.41. The first-order valence-corrected chi connectivity index (χ1v) is 8.60. The van der Waals surface area contributed by atoms with Crippen molar-refractivity contribution in [2.75, 3.05) is 6.79 Å². The van der Waals surface area contributed by atoms with Crippen LogP contribution in [0.2, 0.25) is 0 Å². The van der Waals surface area contributed by atoms with Gasteiger partial charge in [-0.1, -0.05) is 39.6 Å². The van der Waals surface area contributed by atoms with Gasteiger partial charge in [0, 0.05) is 10.9 Å². The minimum Gasteiger partial charge on any atom is -0.463 e.